The number of nitrogens with zero attached hydrogens (tertiary/aromatic N) is 2. The molecular formula is C15H12ClFN2O4S. The van der Waals surface area contributed by atoms with Gasteiger partial charge >= 0.3 is 0 Å². The van der Waals surface area contributed by atoms with Gasteiger partial charge in [0, 0.05) is 18.7 Å². The first-order valence-corrected chi connectivity index (χ1v) is 8.98. The first-order chi connectivity index (χ1) is 11.3. The number of sulfonamides is 1. The Hall–Kier alpha value is -2.19. The van der Waals surface area contributed by atoms with Crippen LogP contribution in [-0.2, 0) is 22.2 Å². The minimum atomic E-state index is -3.71. The third-order valence-electron chi connectivity index (χ3n) is 3.80. The minimum Gasteiger partial charge on any atom is -0.269 e. The van der Waals surface area contributed by atoms with Crippen molar-refractivity contribution in [2.45, 2.75) is 12.2 Å². The molecule has 0 N–H and O–H groups in total. The first kappa shape index (κ1) is 16.7. The van der Waals surface area contributed by atoms with E-state index in [1.54, 1.807) is 0 Å². The highest BCUT2D eigenvalue weighted by Gasteiger charge is 2.30. The normalized spacial score (nSPS) is 13.8. The Morgan fingerprint density at radius 2 is 2.00 bits per heavy atom. The maximum atomic E-state index is 13.2. The van der Waals surface area contributed by atoms with Crippen molar-refractivity contribution in [3.05, 3.63) is 68.5 Å². The van der Waals surface area contributed by atoms with E-state index < -0.39 is 20.8 Å². The van der Waals surface area contributed by atoms with Crippen molar-refractivity contribution in [2.24, 2.45) is 0 Å². The number of nitro groups is 1. The molecule has 9 heteroatoms. The lowest BCUT2D eigenvalue weighted by Crippen LogP contribution is -2.30. The molecule has 0 aromatic heterocycles. The third-order valence-corrected chi connectivity index (χ3v) is 5.83. The van der Waals surface area contributed by atoms with Gasteiger partial charge in [-0.15, -0.1) is 0 Å². The lowest BCUT2D eigenvalue weighted by atomic mass is 10.1. The molecule has 0 fully saturated rings. The molecule has 0 aliphatic carbocycles. The Morgan fingerprint density at radius 3 is 2.67 bits per heavy atom. The molecule has 0 bridgehead atoms. The number of anilines is 1. The van der Waals surface area contributed by atoms with Gasteiger partial charge in [0.1, 0.15) is 5.82 Å². The van der Waals surface area contributed by atoms with Crippen molar-refractivity contribution in [2.75, 3.05) is 10.8 Å². The predicted octanol–water partition coefficient (Wildman–Crippen LogP) is 3.28. The smallest absolute Gasteiger partial charge is 0.269 e. The molecule has 0 saturated heterocycles. The summed E-state index contributed by atoms with van der Waals surface area (Å²) in [6.45, 7) is 0.216. The monoisotopic (exact) mass is 370 g/mol. The Morgan fingerprint density at radius 1 is 1.25 bits per heavy atom. The van der Waals surface area contributed by atoms with Gasteiger partial charge in [-0.25, -0.2) is 12.8 Å². The maximum Gasteiger partial charge on any atom is 0.269 e. The largest absolute Gasteiger partial charge is 0.269 e. The number of fused-ring (bicyclic) bond motifs is 1. The molecular weight excluding hydrogens is 359 g/mol. The van der Waals surface area contributed by atoms with Crippen molar-refractivity contribution in [1.29, 1.82) is 0 Å². The fraction of sp³-hybridized carbons (Fsp3) is 0.200. The van der Waals surface area contributed by atoms with E-state index >= 15 is 0 Å². The number of hydrogen-bond acceptors (Lipinski definition) is 4. The van der Waals surface area contributed by atoms with Gasteiger partial charge < -0.3 is 0 Å². The summed E-state index contributed by atoms with van der Waals surface area (Å²) >= 11 is 5.68. The number of hydrogen-bond donors (Lipinski definition) is 0. The molecule has 0 saturated carbocycles. The van der Waals surface area contributed by atoms with Crippen LogP contribution in [0.3, 0.4) is 0 Å². The number of benzene rings is 2. The SMILES string of the molecule is O=[N+]([O-])c1ccc2c(c1)CCN2S(=O)(=O)Cc1ccc(F)c(Cl)c1. The van der Waals surface area contributed by atoms with Crippen LogP contribution in [0.25, 0.3) is 0 Å². The summed E-state index contributed by atoms with van der Waals surface area (Å²) in [6, 6.07) is 7.87. The Balaban J connectivity index is 1.90. The summed E-state index contributed by atoms with van der Waals surface area (Å²) in [7, 11) is -3.71. The van der Waals surface area contributed by atoms with Crippen molar-refractivity contribution in [1.82, 2.24) is 0 Å². The number of halogens is 2. The molecule has 6 nitrogen and oxygen atoms in total. The van der Waals surface area contributed by atoms with Gasteiger partial charge in [-0.3, -0.25) is 14.4 Å². The molecule has 0 radical (unpaired) electrons. The van der Waals surface area contributed by atoms with Crippen LogP contribution >= 0.6 is 11.6 Å². The molecule has 24 heavy (non-hydrogen) atoms. The maximum absolute atomic E-state index is 13.2. The van der Waals surface area contributed by atoms with Gasteiger partial charge in [0.2, 0.25) is 10.0 Å². The van der Waals surface area contributed by atoms with E-state index in [-0.39, 0.29) is 23.0 Å². The Labute approximate surface area is 142 Å². The van der Waals surface area contributed by atoms with Crippen LogP contribution < -0.4 is 4.31 Å². The van der Waals surface area contributed by atoms with Crippen molar-refractivity contribution in [3.8, 4) is 0 Å². The summed E-state index contributed by atoms with van der Waals surface area (Å²) in [5, 5.41) is 10.7. The van der Waals surface area contributed by atoms with Crippen LogP contribution in [0.4, 0.5) is 15.8 Å². The molecule has 0 amide bonds. The fourth-order valence-corrected chi connectivity index (χ4v) is 4.49. The second-order valence-corrected chi connectivity index (χ2v) is 7.70. The van der Waals surface area contributed by atoms with Crippen molar-refractivity contribution >= 4 is 33.0 Å². The van der Waals surface area contributed by atoms with Gasteiger partial charge in [0.25, 0.3) is 5.69 Å². The van der Waals surface area contributed by atoms with Gasteiger partial charge in [-0.1, -0.05) is 17.7 Å². The molecule has 0 unspecified atom stereocenters. The number of non-ortho nitro benzene ring substituents is 1. The highest BCUT2D eigenvalue weighted by atomic mass is 35.5. The molecule has 1 aliphatic rings. The first-order valence-electron chi connectivity index (χ1n) is 6.99. The topological polar surface area (TPSA) is 80.5 Å². The Bertz CT molecular complexity index is 933. The van der Waals surface area contributed by atoms with Gasteiger partial charge in [-0.05, 0) is 35.7 Å². The average molecular weight is 371 g/mol. The summed E-state index contributed by atoms with van der Waals surface area (Å²) in [5.74, 6) is -0.944. The highest BCUT2D eigenvalue weighted by molar-refractivity contribution is 7.92. The third kappa shape index (κ3) is 3.07. The lowest BCUT2D eigenvalue weighted by molar-refractivity contribution is -0.384. The molecule has 1 heterocycles. The van der Waals surface area contributed by atoms with Crippen LogP contribution in [0.15, 0.2) is 36.4 Å². The van der Waals surface area contributed by atoms with Crippen LogP contribution in [0, 0.1) is 15.9 Å². The summed E-state index contributed by atoms with van der Waals surface area (Å²) in [6.07, 6.45) is 0.403. The lowest BCUT2D eigenvalue weighted by Gasteiger charge is -2.19. The van der Waals surface area contributed by atoms with Gasteiger partial charge in [-0.2, -0.15) is 0 Å². The molecule has 2 aromatic carbocycles. The molecule has 3 rings (SSSR count). The van der Waals surface area contributed by atoms with E-state index in [9.17, 15) is 22.9 Å². The number of nitro benzene ring substituents is 1. The average Bonchev–Trinajstić information content (AvgIpc) is 2.94. The Kier molecular flexibility index (Phi) is 4.18. The van der Waals surface area contributed by atoms with E-state index in [2.05, 4.69) is 0 Å². The zero-order valence-corrected chi connectivity index (χ0v) is 13.8. The van der Waals surface area contributed by atoms with Crippen LogP contribution in [0.5, 0.6) is 0 Å². The molecule has 2 aromatic rings. The molecule has 126 valence electrons. The van der Waals surface area contributed by atoms with Gasteiger partial charge in [0.15, 0.2) is 0 Å². The second kappa shape index (κ2) is 6.03. The number of rotatable bonds is 4. The minimum absolute atomic E-state index is 0.0710. The van der Waals surface area contributed by atoms with Crippen molar-refractivity contribution in [3.63, 3.8) is 0 Å². The van der Waals surface area contributed by atoms with Crippen LogP contribution in [-0.4, -0.2) is 19.9 Å². The standard InChI is InChI=1S/C15H12ClFN2O4S/c16-13-7-10(1-3-14(13)17)9-24(22,23)18-6-5-11-8-12(19(20)21)2-4-15(11)18/h1-4,7-8H,5-6,9H2. The van der Waals surface area contributed by atoms with Crippen LogP contribution in [0.2, 0.25) is 5.02 Å². The molecule has 0 atom stereocenters. The fourth-order valence-electron chi connectivity index (χ4n) is 2.68. The zero-order valence-electron chi connectivity index (χ0n) is 12.3. The summed E-state index contributed by atoms with van der Waals surface area (Å²) < 4.78 is 39.7. The molecule has 0 spiro atoms. The van der Waals surface area contributed by atoms with E-state index in [1.165, 1.54) is 34.6 Å². The van der Waals surface area contributed by atoms with E-state index in [0.717, 1.165) is 6.07 Å². The second-order valence-electron chi connectivity index (χ2n) is 5.40. The molecule has 1 aliphatic heterocycles. The predicted molar refractivity (Wildman–Crippen MR) is 88.2 cm³/mol. The summed E-state index contributed by atoms with van der Waals surface area (Å²) in [5.41, 5.74) is 1.36. The van der Waals surface area contributed by atoms with E-state index in [0.29, 0.717) is 23.2 Å². The van der Waals surface area contributed by atoms with E-state index in [4.69, 9.17) is 11.6 Å². The van der Waals surface area contributed by atoms with E-state index in [1.807, 2.05) is 0 Å². The van der Waals surface area contributed by atoms with Crippen LogP contribution in [0.1, 0.15) is 11.1 Å². The summed E-state index contributed by atoms with van der Waals surface area (Å²) in [4.78, 5) is 10.3. The van der Waals surface area contributed by atoms with Gasteiger partial charge in [0.05, 0.1) is 21.4 Å². The zero-order chi connectivity index (χ0) is 17.5. The van der Waals surface area contributed by atoms with Crippen molar-refractivity contribution < 1.29 is 17.7 Å². The highest BCUT2D eigenvalue weighted by Crippen LogP contribution is 2.34. The quantitative estimate of drug-likeness (QED) is 0.611.